The number of nitrogens with zero attached hydrogens (tertiary/aromatic N) is 1. The second-order valence-electron chi connectivity index (χ2n) is 4.42. The molecule has 0 aliphatic carbocycles. The van der Waals surface area contributed by atoms with E-state index in [1.807, 2.05) is 20.1 Å². The fourth-order valence-electron chi connectivity index (χ4n) is 2.04. The molecule has 1 aromatic heterocycles. The van der Waals surface area contributed by atoms with Crippen molar-refractivity contribution in [2.75, 3.05) is 6.26 Å². The van der Waals surface area contributed by atoms with E-state index in [2.05, 4.69) is 0 Å². The standard InChI is InChI=1S/C13H19NO4S/c1-4-13(5-2,19-3)8-14-10(12(17)18)6-9(15)7-11(14)16/h6-7,15H,4-5,8H2,1-3H3,(H,17,18). The van der Waals surface area contributed by atoms with Gasteiger partial charge in [-0.25, -0.2) is 4.79 Å². The SMILES string of the molecule is CCC(CC)(Cn1c(C(=O)O)cc(O)cc1=O)SC. The van der Waals surface area contributed by atoms with Crippen LogP contribution in [0.15, 0.2) is 16.9 Å². The maximum atomic E-state index is 11.9. The van der Waals surface area contributed by atoms with Crippen molar-refractivity contribution < 1.29 is 15.0 Å². The molecule has 1 heterocycles. The topological polar surface area (TPSA) is 79.5 Å². The summed E-state index contributed by atoms with van der Waals surface area (Å²) < 4.78 is 1.05. The van der Waals surface area contributed by atoms with E-state index in [-0.39, 0.29) is 16.2 Å². The molecule has 6 heteroatoms. The number of carbonyl (C=O) groups is 1. The first kappa shape index (κ1) is 15.6. The number of carboxylic acids is 1. The van der Waals surface area contributed by atoms with E-state index >= 15 is 0 Å². The Bertz CT molecular complexity index is 512. The smallest absolute Gasteiger partial charge is 0.352 e. The van der Waals surface area contributed by atoms with E-state index in [1.165, 1.54) is 4.57 Å². The summed E-state index contributed by atoms with van der Waals surface area (Å²) in [6.07, 6.45) is 3.62. The number of hydrogen-bond acceptors (Lipinski definition) is 4. The van der Waals surface area contributed by atoms with E-state index in [1.54, 1.807) is 11.8 Å². The summed E-state index contributed by atoms with van der Waals surface area (Å²) in [6, 6.07) is 2.16. The Morgan fingerprint density at radius 3 is 2.37 bits per heavy atom. The average Bonchev–Trinajstić information content (AvgIpc) is 2.38. The molecule has 0 spiro atoms. The van der Waals surface area contributed by atoms with Gasteiger partial charge in [0.15, 0.2) is 0 Å². The zero-order valence-corrected chi connectivity index (χ0v) is 12.2. The number of carboxylic acid groups (broad SMARTS) is 1. The van der Waals surface area contributed by atoms with Crippen molar-refractivity contribution in [2.24, 2.45) is 0 Å². The number of aromatic hydroxyl groups is 1. The van der Waals surface area contributed by atoms with Crippen LogP contribution in [0.2, 0.25) is 0 Å². The lowest BCUT2D eigenvalue weighted by Crippen LogP contribution is -2.36. The van der Waals surface area contributed by atoms with Crippen molar-refractivity contribution in [1.29, 1.82) is 0 Å². The molecule has 0 amide bonds. The maximum absolute atomic E-state index is 11.9. The maximum Gasteiger partial charge on any atom is 0.352 e. The second-order valence-corrected chi connectivity index (χ2v) is 5.70. The molecule has 5 nitrogen and oxygen atoms in total. The Morgan fingerprint density at radius 1 is 1.37 bits per heavy atom. The molecule has 19 heavy (non-hydrogen) atoms. The predicted octanol–water partition coefficient (Wildman–Crippen LogP) is 2.17. The van der Waals surface area contributed by atoms with E-state index in [9.17, 15) is 14.7 Å². The van der Waals surface area contributed by atoms with Crippen LogP contribution in [0.5, 0.6) is 5.75 Å². The van der Waals surface area contributed by atoms with Gasteiger partial charge in [0.1, 0.15) is 11.4 Å². The lowest BCUT2D eigenvalue weighted by molar-refractivity contribution is 0.0681. The number of rotatable bonds is 6. The molecule has 0 radical (unpaired) electrons. The van der Waals surface area contributed by atoms with Crippen molar-refractivity contribution >= 4 is 17.7 Å². The van der Waals surface area contributed by atoms with Crippen LogP contribution in [0.3, 0.4) is 0 Å². The Balaban J connectivity index is 3.34. The number of thioether (sulfide) groups is 1. The molecule has 0 saturated carbocycles. The first-order chi connectivity index (χ1) is 8.89. The van der Waals surface area contributed by atoms with Crippen LogP contribution in [-0.4, -0.2) is 31.8 Å². The highest BCUT2D eigenvalue weighted by Gasteiger charge is 2.28. The van der Waals surface area contributed by atoms with Gasteiger partial charge in [-0.05, 0) is 19.1 Å². The molecule has 0 saturated heterocycles. The van der Waals surface area contributed by atoms with Crippen molar-refractivity contribution in [1.82, 2.24) is 4.57 Å². The zero-order chi connectivity index (χ0) is 14.6. The number of aromatic nitrogens is 1. The van der Waals surface area contributed by atoms with Gasteiger partial charge in [-0.15, -0.1) is 0 Å². The summed E-state index contributed by atoms with van der Waals surface area (Å²) in [5, 5.41) is 18.5. The molecule has 0 aliphatic rings. The van der Waals surface area contributed by atoms with Crippen molar-refractivity contribution in [3.8, 4) is 5.75 Å². The minimum absolute atomic E-state index is 0.176. The van der Waals surface area contributed by atoms with Crippen LogP contribution in [0.25, 0.3) is 0 Å². The third kappa shape index (κ3) is 3.32. The van der Waals surface area contributed by atoms with Crippen LogP contribution in [0, 0.1) is 0 Å². The molecule has 0 aromatic carbocycles. The van der Waals surface area contributed by atoms with Gasteiger partial charge in [-0.3, -0.25) is 4.79 Å². The highest BCUT2D eigenvalue weighted by Crippen LogP contribution is 2.32. The first-order valence-corrected chi connectivity index (χ1v) is 7.34. The van der Waals surface area contributed by atoms with E-state index < -0.39 is 11.5 Å². The number of hydrogen-bond donors (Lipinski definition) is 2. The summed E-state index contributed by atoms with van der Waals surface area (Å²) in [7, 11) is 0. The summed E-state index contributed by atoms with van der Waals surface area (Å²) >= 11 is 1.63. The molecular formula is C13H19NO4S. The fourth-order valence-corrected chi connectivity index (χ4v) is 2.87. The Morgan fingerprint density at radius 2 is 1.95 bits per heavy atom. The molecule has 1 rings (SSSR count). The number of aromatic carboxylic acids is 1. The Labute approximate surface area is 116 Å². The molecule has 106 valence electrons. The highest BCUT2D eigenvalue weighted by molar-refractivity contribution is 8.00. The number of pyridine rings is 1. The molecule has 0 bridgehead atoms. The third-order valence-corrected chi connectivity index (χ3v) is 5.07. The molecule has 1 aromatic rings. The van der Waals surface area contributed by atoms with Crippen LogP contribution in [-0.2, 0) is 6.54 Å². The molecule has 0 unspecified atom stereocenters. The van der Waals surface area contributed by atoms with Gasteiger partial charge >= 0.3 is 5.97 Å². The summed E-state index contributed by atoms with van der Waals surface area (Å²) in [5.41, 5.74) is -0.664. The summed E-state index contributed by atoms with van der Waals surface area (Å²) in [4.78, 5) is 23.1. The van der Waals surface area contributed by atoms with E-state index in [0.29, 0.717) is 6.54 Å². The molecule has 2 N–H and O–H groups in total. The van der Waals surface area contributed by atoms with Crippen molar-refractivity contribution in [2.45, 2.75) is 38.0 Å². The Hall–Kier alpha value is -1.43. The molecule has 0 aliphatic heterocycles. The van der Waals surface area contributed by atoms with Gasteiger partial charge in [0.25, 0.3) is 5.56 Å². The van der Waals surface area contributed by atoms with Crippen molar-refractivity contribution in [3.63, 3.8) is 0 Å². The van der Waals surface area contributed by atoms with Gasteiger partial charge in [-0.2, -0.15) is 11.8 Å². The van der Waals surface area contributed by atoms with Crippen LogP contribution < -0.4 is 5.56 Å². The van der Waals surface area contributed by atoms with E-state index in [4.69, 9.17) is 5.11 Å². The minimum Gasteiger partial charge on any atom is -0.508 e. The largest absolute Gasteiger partial charge is 0.508 e. The predicted molar refractivity (Wildman–Crippen MR) is 76.2 cm³/mol. The van der Waals surface area contributed by atoms with Gasteiger partial charge in [0.2, 0.25) is 0 Å². The van der Waals surface area contributed by atoms with Crippen LogP contribution >= 0.6 is 11.8 Å². The molecular weight excluding hydrogens is 266 g/mol. The lowest BCUT2D eigenvalue weighted by atomic mass is 10.0. The summed E-state index contributed by atoms with van der Waals surface area (Å²) in [6.45, 7) is 4.36. The monoisotopic (exact) mass is 285 g/mol. The van der Waals surface area contributed by atoms with Crippen LogP contribution in [0.1, 0.15) is 37.2 Å². The average molecular weight is 285 g/mol. The normalized spacial score (nSPS) is 11.5. The van der Waals surface area contributed by atoms with Gasteiger partial charge in [-0.1, -0.05) is 13.8 Å². The molecule has 0 fully saturated rings. The fraction of sp³-hybridized carbons (Fsp3) is 0.538. The Kier molecular flexibility index (Phi) is 5.05. The van der Waals surface area contributed by atoms with Gasteiger partial charge in [0.05, 0.1) is 0 Å². The molecule has 0 atom stereocenters. The summed E-state index contributed by atoms with van der Waals surface area (Å²) in [5.74, 6) is -1.53. The highest BCUT2D eigenvalue weighted by atomic mass is 32.2. The third-order valence-electron chi connectivity index (χ3n) is 3.50. The zero-order valence-electron chi connectivity index (χ0n) is 11.3. The second kappa shape index (κ2) is 6.14. The van der Waals surface area contributed by atoms with Gasteiger partial charge in [0, 0.05) is 23.4 Å². The minimum atomic E-state index is -1.21. The van der Waals surface area contributed by atoms with Crippen LogP contribution in [0.4, 0.5) is 0 Å². The van der Waals surface area contributed by atoms with Crippen molar-refractivity contribution in [3.05, 3.63) is 28.2 Å². The quantitative estimate of drug-likeness (QED) is 0.837. The first-order valence-electron chi connectivity index (χ1n) is 6.11. The van der Waals surface area contributed by atoms with E-state index in [0.717, 1.165) is 25.0 Å². The van der Waals surface area contributed by atoms with Gasteiger partial charge < -0.3 is 14.8 Å². The lowest BCUT2D eigenvalue weighted by Gasteiger charge is -2.31.